The zero-order valence-corrected chi connectivity index (χ0v) is 11.3. The molecule has 2 N–H and O–H groups in total. The third kappa shape index (κ3) is 4.33. The Labute approximate surface area is 110 Å². The van der Waals surface area contributed by atoms with E-state index in [2.05, 4.69) is 30.3 Å². The van der Waals surface area contributed by atoms with Crippen molar-refractivity contribution in [1.82, 2.24) is 15.0 Å². The van der Waals surface area contributed by atoms with Crippen molar-refractivity contribution in [3.8, 4) is 0 Å². The van der Waals surface area contributed by atoms with Crippen molar-refractivity contribution in [3.05, 3.63) is 5.28 Å². The van der Waals surface area contributed by atoms with Crippen molar-refractivity contribution in [2.45, 2.75) is 26.3 Å². The van der Waals surface area contributed by atoms with Gasteiger partial charge >= 0.3 is 5.97 Å². The molecule has 8 heteroatoms. The van der Waals surface area contributed by atoms with Crippen LogP contribution in [0.2, 0.25) is 5.28 Å². The Morgan fingerprint density at radius 2 is 2.06 bits per heavy atom. The van der Waals surface area contributed by atoms with Crippen molar-refractivity contribution in [3.63, 3.8) is 0 Å². The predicted molar refractivity (Wildman–Crippen MR) is 68.7 cm³/mol. The average molecular weight is 274 g/mol. The van der Waals surface area contributed by atoms with Crippen molar-refractivity contribution >= 4 is 29.5 Å². The van der Waals surface area contributed by atoms with Gasteiger partial charge in [-0.25, -0.2) is 4.79 Å². The fraction of sp³-hybridized carbons (Fsp3) is 0.600. The largest absolute Gasteiger partial charge is 0.467 e. The number of ether oxygens (including phenoxy) is 1. The van der Waals surface area contributed by atoms with Crippen molar-refractivity contribution in [2.75, 3.05) is 24.3 Å². The number of aromatic nitrogens is 3. The maximum atomic E-state index is 11.3. The van der Waals surface area contributed by atoms with E-state index in [-0.39, 0.29) is 11.2 Å². The van der Waals surface area contributed by atoms with Gasteiger partial charge < -0.3 is 15.4 Å². The predicted octanol–water partition coefficient (Wildman–Crippen LogP) is 1.32. The SMILES string of the molecule is CCCNc1nc(Cl)nc(NC(C)C(=O)OC)n1. The first-order valence-corrected chi connectivity index (χ1v) is 5.94. The Hall–Kier alpha value is -1.63. The van der Waals surface area contributed by atoms with Crippen LogP contribution in [-0.4, -0.2) is 40.6 Å². The Kier molecular flexibility index (Phi) is 5.57. The second-order valence-electron chi connectivity index (χ2n) is 3.57. The third-order valence-electron chi connectivity index (χ3n) is 2.04. The first kappa shape index (κ1) is 14.4. The molecule has 1 unspecified atom stereocenters. The lowest BCUT2D eigenvalue weighted by atomic mass is 10.3. The molecule has 0 aliphatic heterocycles. The van der Waals surface area contributed by atoms with E-state index in [0.717, 1.165) is 13.0 Å². The molecule has 0 aromatic carbocycles. The Morgan fingerprint density at radius 3 is 2.67 bits per heavy atom. The van der Waals surface area contributed by atoms with E-state index in [1.54, 1.807) is 6.92 Å². The first-order chi connectivity index (χ1) is 8.56. The minimum Gasteiger partial charge on any atom is -0.467 e. The fourth-order valence-electron chi connectivity index (χ4n) is 1.16. The molecule has 0 fully saturated rings. The van der Waals surface area contributed by atoms with E-state index in [1.165, 1.54) is 7.11 Å². The smallest absolute Gasteiger partial charge is 0.328 e. The van der Waals surface area contributed by atoms with E-state index in [9.17, 15) is 4.79 Å². The molecule has 0 aliphatic rings. The maximum Gasteiger partial charge on any atom is 0.328 e. The number of anilines is 2. The van der Waals surface area contributed by atoms with E-state index in [4.69, 9.17) is 11.6 Å². The lowest BCUT2D eigenvalue weighted by Crippen LogP contribution is -2.28. The molecule has 1 aromatic rings. The number of nitrogens with one attached hydrogen (secondary N) is 2. The summed E-state index contributed by atoms with van der Waals surface area (Å²) in [6.45, 7) is 4.39. The number of carbonyl (C=O) groups is 1. The zero-order chi connectivity index (χ0) is 13.5. The first-order valence-electron chi connectivity index (χ1n) is 5.56. The van der Waals surface area contributed by atoms with Crippen LogP contribution in [0.5, 0.6) is 0 Å². The summed E-state index contributed by atoms with van der Waals surface area (Å²) in [5.74, 6) is 0.192. The molecular formula is C10H16ClN5O2. The monoisotopic (exact) mass is 273 g/mol. The van der Waals surface area contributed by atoms with Crippen LogP contribution in [0, 0.1) is 0 Å². The third-order valence-corrected chi connectivity index (χ3v) is 2.21. The topological polar surface area (TPSA) is 89.0 Å². The summed E-state index contributed by atoms with van der Waals surface area (Å²) >= 11 is 5.77. The molecule has 100 valence electrons. The van der Waals surface area contributed by atoms with Crippen molar-refractivity contribution < 1.29 is 9.53 Å². The summed E-state index contributed by atoms with van der Waals surface area (Å²) in [6, 6.07) is -0.563. The summed E-state index contributed by atoms with van der Waals surface area (Å²) in [4.78, 5) is 23.1. The van der Waals surface area contributed by atoms with E-state index < -0.39 is 12.0 Å². The lowest BCUT2D eigenvalue weighted by Gasteiger charge is -2.12. The van der Waals surface area contributed by atoms with Crippen molar-refractivity contribution in [2.24, 2.45) is 0 Å². The second-order valence-corrected chi connectivity index (χ2v) is 3.91. The second kappa shape index (κ2) is 6.95. The summed E-state index contributed by atoms with van der Waals surface area (Å²) in [6.07, 6.45) is 0.935. The highest BCUT2D eigenvalue weighted by Gasteiger charge is 2.15. The maximum absolute atomic E-state index is 11.3. The van der Waals surface area contributed by atoms with Crippen LogP contribution in [0.25, 0.3) is 0 Å². The Morgan fingerprint density at radius 1 is 1.39 bits per heavy atom. The van der Waals surface area contributed by atoms with Crippen LogP contribution in [0.1, 0.15) is 20.3 Å². The summed E-state index contributed by atoms with van der Waals surface area (Å²) in [5.41, 5.74) is 0. The molecular weight excluding hydrogens is 258 g/mol. The summed E-state index contributed by atoms with van der Waals surface area (Å²) in [7, 11) is 1.31. The molecule has 1 atom stereocenters. The fourth-order valence-corrected chi connectivity index (χ4v) is 1.32. The van der Waals surface area contributed by atoms with Gasteiger partial charge in [0.05, 0.1) is 7.11 Å². The normalized spacial score (nSPS) is 11.8. The van der Waals surface area contributed by atoms with Gasteiger partial charge in [0.1, 0.15) is 6.04 Å². The average Bonchev–Trinajstić information content (AvgIpc) is 2.34. The van der Waals surface area contributed by atoms with Gasteiger partial charge in [0.2, 0.25) is 17.2 Å². The number of nitrogens with zero attached hydrogens (tertiary/aromatic N) is 3. The van der Waals surface area contributed by atoms with Gasteiger partial charge in [0.25, 0.3) is 0 Å². The van der Waals surface area contributed by atoms with Crippen LogP contribution in [0.3, 0.4) is 0 Å². The van der Waals surface area contributed by atoms with Gasteiger partial charge in [-0.05, 0) is 24.9 Å². The van der Waals surface area contributed by atoms with Gasteiger partial charge in [-0.1, -0.05) is 6.92 Å². The van der Waals surface area contributed by atoms with Crippen LogP contribution < -0.4 is 10.6 Å². The number of methoxy groups -OCH3 is 1. The highest BCUT2D eigenvalue weighted by atomic mass is 35.5. The van der Waals surface area contributed by atoms with Gasteiger partial charge in [-0.2, -0.15) is 15.0 Å². The minimum atomic E-state index is -0.563. The summed E-state index contributed by atoms with van der Waals surface area (Å²) < 4.78 is 4.59. The highest BCUT2D eigenvalue weighted by Crippen LogP contribution is 2.10. The molecule has 1 rings (SSSR count). The number of hydrogen-bond acceptors (Lipinski definition) is 7. The van der Waals surface area contributed by atoms with E-state index in [0.29, 0.717) is 5.95 Å². The zero-order valence-electron chi connectivity index (χ0n) is 10.5. The number of halogens is 1. The van der Waals surface area contributed by atoms with E-state index >= 15 is 0 Å². The molecule has 0 aliphatic carbocycles. The molecule has 0 radical (unpaired) electrons. The van der Waals surface area contributed by atoms with E-state index in [1.807, 2.05) is 6.92 Å². The van der Waals surface area contributed by atoms with Crippen LogP contribution in [0.4, 0.5) is 11.9 Å². The molecule has 0 saturated carbocycles. The molecule has 0 bridgehead atoms. The van der Waals surface area contributed by atoms with Gasteiger partial charge in [-0.3, -0.25) is 0 Å². The van der Waals surface area contributed by atoms with Gasteiger partial charge in [0.15, 0.2) is 0 Å². The van der Waals surface area contributed by atoms with Gasteiger partial charge in [0, 0.05) is 6.54 Å². The molecule has 0 saturated heterocycles. The molecule has 7 nitrogen and oxygen atoms in total. The Balaban J connectivity index is 2.76. The summed E-state index contributed by atoms with van der Waals surface area (Å²) in [5, 5.41) is 5.84. The van der Waals surface area contributed by atoms with Crippen LogP contribution in [-0.2, 0) is 9.53 Å². The molecule has 0 amide bonds. The molecule has 1 heterocycles. The number of rotatable bonds is 6. The quantitative estimate of drug-likeness (QED) is 0.756. The highest BCUT2D eigenvalue weighted by molar-refractivity contribution is 6.28. The molecule has 0 spiro atoms. The number of carbonyl (C=O) groups excluding carboxylic acids is 1. The van der Waals surface area contributed by atoms with Gasteiger partial charge in [-0.15, -0.1) is 0 Å². The molecule has 1 aromatic heterocycles. The minimum absolute atomic E-state index is 0.0585. The molecule has 18 heavy (non-hydrogen) atoms. The number of esters is 1. The van der Waals surface area contributed by atoms with Crippen molar-refractivity contribution in [1.29, 1.82) is 0 Å². The number of hydrogen-bond donors (Lipinski definition) is 2. The lowest BCUT2D eigenvalue weighted by molar-refractivity contribution is -0.141. The van der Waals surface area contributed by atoms with Crippen LogP contribution in [0.15, 0.2) is 0 Å². The Bertz CT molecular complexity index is 415. The standard InChI is InChI=1S/C10H16ClN5O2/c1-4-5-12-9-14-8(11)15-10(16-9)13-6(2)7(17)18-3/h6H,4-5H2,1-3H3,(H2,12,13,14,15,16). The van der Waals surface area contributed by atoms with Crippen LogP contribution >= 0.6 is 11.6 Å².